The highest BCUT2D eigenvalue weighted by Crippen LogP contribution is 2.64. The number of carboxylic acids is 1. The average Bonchev–Trinajstić information content (AvgIpc) is 2.42. The van der Waals surface area contributed by atoms with Gasteiger partial charge in [0.1, 0.15) is 0 Å². The van der Waals surface area contributed by atoms with Crippen molar-refractivity contribution in [3.63, 3.8) is 0 Å². The molecule has 1 fully saturated rings. The monoisotopic (exact) mass is 323 g/mol. The highest BCUT2D eigenvalue weighted by Gasteiger charge is 2.64. The van der Waals surface area contributed by atoms with E-state index < -0.39 is 5.97 Å². The summed E-state index contributed by atoms with van der Waals surface area (Å²) in [5, 5.41) is 9.97. The van der Waals surface area contributed by atoms with Crippen molar-refractivity contribution in [3.8, 4) is 0 Å². The predicted octanol–water partition coefficient (Wildman–Crippen LogP) is 2.57. The molecule has 2 rings (SSSR count). The molecule has 1 heterocycles. The second kappa shape index (κ2) is 3.16. The first-order valence-corrected chi connectivity index (χ1v) is 6.18. The number of halogens is 1. The lowest BCUT2D eigenvalue weighted by atomic mass is 10.1. The second-order valence-electron chi connectivity index (χ2n) is 4.12. The largest absolute Gasteiger partial charge is 0.481 e. The highest BCUT2D eigenvalue weighted by molar-refractivity contribution is 14.1. The maximum Gasteiger partial charge on any atom is 0.307 e. The van der Waals surface area contributed by atoms with E-state index in [9.17, 15) is 4.79 Å². The minimum atomic E-state index is -0.704. The summed E-state index contributed by atoms with van der Waals surface area (Å²) in [6.45, 7) is 3.98. The van der Waals surface area contributed by atoms with Gasteiger partial charge >= 0.3 is 5.97 Å². The van der Waals surface area contributed by atoms with Crippen molar-refractivity contribution in [2.75, 3.05) is 0 Å². The molecule has 1 N–H and O–H groups in total. The van der Waals surface area contributed by atoms with Crippen molar-refractivity contribution < 1.29 is 9.90 Å². The van der Waals surface area contributed by atoms with Crippen molar-refractivity contribution in [3.05, 3.63) is 14.1 Å². The van der Waals surface area contributed by atoms with E-state index in [1.807, 2.05) is 13.8 Å². The third-order valence-corrected chi connectivity index (χ3v) is 4.66. The molecule has 0 bridgehead atoms. The first-order valence-electron chi connectivity index (χ1n) is 4.28. The SMILES string of the molecule is CC1(C)C(C(=O)O)C1c1ncc(I)s1. The van der Waals surface area contributed by atoms with E-state index in [1.165, 1.54) is 0 Å². The van der Waals surface area contributed by atoms with Gasteiger partial charge in [-0.05, 0) is 28.0 Å². The van der Waals surface area contributed by atoms with Gasteiger partial charge in [-0.1, -0.05) is 13.8 Å². The van der Waals surface area contributed by atoms with Crippen LogP contribution in [-0.2, 0) is 4.79 Å². The molecule has 5 heteroatoms. The lowest BCUT2D eigenvalue weighted by Crippen LogP contribution is -2.03. The van der Waals surface area contributed by atoms with Crippen molar-refractivity contribution in [1.82, 2.24) is 4.98 Å². The first kappa shape index (κ1) is 10.4. The second-order valence-corrected chi connectivity index (χ2v) is 7.07. The summed E-state index contributed by atoms with van der Waals surface area (Å²) in [7, 11) is 0. The van der Waals surface area contributed by atoms with Crippen LogP contribution in [-0.4, -0.2) is 16.1 Å². The third-order valence-electron chi connectivity index (χ3n) is 2.85. The normalized spacial score (nSPS) is 28.8. The number of hydrogen-bond acceptors (Lipinski definition) is 3. The summed E-state index contributed by atoms with van der Waals surface area (Å²) in [5.41, 5.74) is -0.132. The van der Waals surface area contributed by atoms with Crippen LogP contribution >= 0.6 is 33.9 Å². The number of carboxylic acid groups (broad SMARTS) is 1. The van der Waals surface area contributed by atoms with Gasteiger partial charge in [-0.15, -0.1) is 11.3 Å². The van der Waals surface area contributed by atoms with E-state index in [1.54, 1.807) is 17.5 Å². The molecule has 0 aliphatic heterocycles. The Bertz CT molecular complexity index is 388. The molecule has 76 valence electrons. The van der Waals surface area contributed by atoms with Crippen LogP contribution < -0.4 is 0 Å². The molecule has 2 atom stereocenters. The minimum Gasteiger partial charge on any atom is -0.481 e. The first-order chi connectivity index (χ1) is 6.44. The molecule has 14 heavy (non-hydrogen) atoms. The van der Waals surface area contributed by atoms with Crippen LogP contribution in [0, 0.1) is 14.2 Å². The number of nitrogens with zero attached hydrogens (tertiary/aromatic N) is 1. The van der Waals surface area contributed by atoms with Crippen LogP contribution in [0.25, 0.3) is 0 Å². The summed E-state index contributed by atoms with van der Waals surface area (Å²) in [6.07, 6.45) is 1.80. The molecule has 0 saturated heterocycles. The van der Waals surface area contributed by atoms with Crippen LogP contribution in [0.2, 0.25) is 0 Å². The molecule has 1 saturated carbocycles. The standard InChI is InChI=1S/C9H10INO2S/c1-9(2)5(6(9)8(12)13)7-11-3-4(10)14-7/h3,5-6H,1-2H3,(H,12,13). The number of aromatic nitrogens is 1. The van der Waals surface area contributed by atoms with Crippen molar-refractivity contribution in [2.24, 2.45) is 11.3 Å². The predicted molar refractivity (Wildman–Crippen MR) is 62.5 cm³/mol. The Morgan fingerprint density at radius 3 is 2.71 bits per heavy atom. The summed E-state index contributed by atoms with van der Waals surface area (Å²) in [5.74, 6) is -0.858. The number of rotatable bonds is 2. The van der Waals surface area contributed by atoms with Crippen LogP contribution in [0.4, 0.5) is 0 Å². The number of aliphatic carboxylic acids is 1. The fraction of sp³-hybridized carbons (Fsp3) is 0.556. The number of hydrogen-bond donors (Lipinski definition) is 1. The van der Waals surface area contributed by atoms with Crippen LogP contribution in [0.5, 0.6) is 0 Å². The molecule has 1 aliphatic rings. The number of carbonyl (C=O) groups is 1. The molecule has 0 amide bonds. The summed E-state index contributed by atoms with van der Waals surface area (Å²) < 4.78 is 1.12. The Kier molecular flexibility index (Phi) is 2.34. The fourth-order valence-corrected chi connectivity index (χ4v) is 3.76. The summed E-state index contributed by atoms with van der Waals surface area (Å²) >= 11 is 3.80. The summed E-state index contributed by atoms with van der Waals surface area (Å²) in [6, 6.07) is 0. The van der Waals surface area contributed by atoms with E-state index >= 15 is 0 Å². The lowest BCUT2D eigenvalue weighted by Gasteiger charge is -1.97. The quantitative estimate of drug-likeness (QED) is 0.851. The van der Waals surface area contributed by atoms with Gasteiger partial charge in [0.05, 0.1) is 20.0 Å². The van der Waals surface area contributed by atoms with E-state index in [-0.39, 0.29) is 17.3 Å². The molecule has 2 unspecified atom stereocenters. The van der Waals surface area contributed by atoms with Gasteiger partial charge in [-0.2, -0.15) is 0 Å². The van der Waals surface area contributed by atoms with Crippen LogP contribution in [0.15, 0.2) is 6.20 Å². The van der Waals surface area contributed by atoms with Gasteiger partial charge in [-0.25, -0.2) is 4.98 Å². The average molecular weight is 323 g/mol. The molecule has 1 aromatic heterocycles. The van der Waals surface area contributed by atoms with Gasteiger partial charge in [0, 0.05) is 5.92 Å². The Hall–Kier alpha value is -0.170. The zero-order valence-electron chi connectivity index (χ0n) is 7.82. The molecule has 0 radical (unpaired) electrons. The van der Waals surface area contributed by atoms with Crippen molar-refractivity contribution >= 4 is 39.9 Å². The van der Waals surface area contributed by atoms with Gasteiger partial charge in [0.2, 0.25) is 0 Å². The van der Waals surface area contributed by atoms with Gasteiger partial charge in [0.15, 0.2) is 0 Å². The van der Waals surface area contributed by atoms with Gasteiger partial charge < -0.3 is 5.11 Å². The van der Waals surface area contributed by atoms with Crippen molar-refractivity contribution in [2.45, 2.75) is 19.8 Å². The number of thiazole rings is 1. The molecule has 1 aliphatic carbocycles. The Morgan fingerprint density at radius 2 is 2.36 bits per heavy atom. The zero-order valence-corrected chi connectivity index (χ0v) is 10.8. The van der Waals surface area contributed by atoms with Crippen LogP contribution in [0.3, 0.4) is 0 Å². The molecule has 0 aromatic carbocycles. The Balaban J connectivity index is 2.27. The molecular weight excluding hydrogens is 313 g/mol. The summed E-state index contributed by atoms with van der Waals surface area (Å²) in [4.78, 5) is 15.2. The highest BCUT2D eigenvalue weighted by atomic mass is 127. The molecule has 3 nitrogen and oxygen atoms in total. The van der Waals surface area contributed by atoms with E-state index in [2.05, 4.69) is 27.6 Å². The zero-order chi connectivity index (χ0) is 10.5. The molecule has 1 aromatic rings. The molecular formula is C9H10INO2S. The smallest absolute Gasteiger partial charge is 0.307 e. The third kappa shape index (κ3) is 1.46. The van der Waals surface area contributed by atoms with E-state index in [0.29, 0.717) is 0 Å². The van der Waals surface area contributed by atoms with Crippen molar-refractivity contribution in [1.29, 1.82) is 0 Å². The van der Waals surface area contributed by atoms with Crippen LogP contribution in [0.1, 0.15) is 24.8 Å². The maximum atomic E-state index is 10.9. The maximum absolute atomic E-state index is 10.9. The Labute approximate surface area is 99.7 Å². The lowest BCUT2D eigenvalue weighted by molar-refractivity contribution is -0.139. The van der Waals surface area contributed by atoms with Gasteiger partial charge in [-0.3, -0.25) is 4.79 Å². The van der Waals surface area contributed by atoms with E-state index in [4.69, 9.17) is 5.11 Å². The Morgan fingerprint density at radius 1 is 1.71 bits per heavy atom. The topological polar surface area (TPSA) is 50.2 Å². The fourth-order valence-electron chi connectivity index (χ4n) is 1.97. The van der Waals surface area contributed by atoms with E-state index in [0.717, 1.165) is 7.89 Å². The minimum absolute atomic E-state index is 0.105. The van der Waals surface area contributed by atoms with Gasteiger partial charge in [0.25, 0.3) is 0 Å². The molecule has 0 spiro atoms.